The Morgan fingerprint density at radius 2 is 0.922 bits per heavy atom. The predicted octanol–water partition coefficient (Wildman–Crippen LogP) is 10.4. The smallest absolute Gasteiger partial charge is 0.102 e. The van der Waals surface area contributed by atoms with Crippen LogP contribution in [0, 0.1) is 0 Å². The summed E-state index contributed by atoms with van der Waals surface area (Å²) in [5.41, 5.74) is 15.3. The van der Waals surface area contributed by atoms with Gasteiger partial charge in [-0.15, -0.1) is 10.2 Å². The molecule has 1 aliphatic rings. The highest BCUT2D eigenvalue weighted by atomic mass is 15.3. The molecule has 0 aliphatic heterocycles. The largest absolute Gasteiger partial charge is 0.309 e. The first-order valence-electron chi connectivity index (χ1n) is 17.2. The minimum atomic E-state index is 0.702. The van der Waals surface area contributed by atoms with E-state index in [1.165, 1.54) is 43.7 Å². The maximum atomic E-state index is 4.74. The van der Waals surface area contributed by atoms with Crippen LogP contribution >= 0.6 is 0 Å². The molecule has 4 aromatic heterocycles. The summed E-state index contributed by atoms with van der Waals surface area (Å²) in [4.78, 5) is 4.74. The molecule has 238 valence electrons. The zero-order chi connectivity index (χ0) is 33.5. The normalized spacial score (nSPS) is 12.2. The van der Waals surface area contributed by atoms with Gasteiger partial charge in [0.25, 0.3) is 0 Å². The zero-order valence-electron chi connectivity index (χ0n) is 27.4. The van der Waals surface area contributed by atoms with Crippen molar-refractivity contribution in [2.75, 3.05) is 0 Å². The van der Waals surface area contributed by atoms with E-state index in [9.17, 15) is 0 Å². The molecule has 0 spiro atoms. The van der Waals surface area contributed by atoms with Crippen LogP contribution in [0.2, 0.25) is 0 Å². The van der Waals surface area contributed by atoms with Gasteiger partial charge >= 0.3 is 0 Å². The Bertz CT molecular complexity index is 2790. The molecule has 6 aromatic carbocycles. The van der Waals surface area contributed by atoms with Crippen molar-refractivity contribution in [1.29, 1.82) is 0 Å². The maximum absolute atomic E-state index is 4.74. The lowest BCUT2D eigenvalue weighted by Crippen LogP contribution is -1.98. The van der Waals surface area contributed by atoms with E-state index in [2.05, 4.69) is 170 Å². The van der Waals surface area contributed by atoms with Gasteiger partial charge in [0.1, 0.15) is 11.4 Å². The predicted molar refractivity (Wildman–Crippen MR) is 205 cm³/mol. The first-order chi connectivity index (χ1) is 25.3. The van der Waals surface area contributed by atoms with Crippen LogP contribution in [0.5, 0.6) is 0 Å². The molecule has 0 atom stereocenters. The molecule has 0 N–H and O–H groups in total. The molecule has 1 aliphatic carbocycles. The van der Waals surface area contributed by atoms with Crippen LogP contribution in [0.1, 0.15) is 11.1 Å². The number of rotatable bonds is 4. The Hall–Kier alpha value is -6.92. The van der Waals surface area contributed by atoms with E-state index in [-0.39, 0.29) is 0 Å². The monoisotopic (exact) mass is 652 g/mol. The Balaban J connectivity index is 1.04. The topological polar surface area (TPSA) is 61.4 Å². The summed E-state index contributed by atoms with van der Waals surface area (Å²) < 4.78 is 4.68. The number of benzene rings is 6. The molecule has 0 radical (unpaired) electrons. The van der Waals surface area contributed by atoms with E-state index >= 15 is 0 Å². The van der Waals surface area contributed by atoms with E-state index in [0.29, 0.717) is 6.42 Å². The quantitative estimate of drug-likeness (QED) is 0.190. The molecular formula is C45H28N6. The highest BCUT2D eigenvalue weighted by Crippen LogP contribution is 2.44. The summed E-state index contributed by atoms with van der Waals surface area (Å²) in [5.74, 6) is 0. The van der Waals surface area contributed by atoms with Crippen LogP contribution in [0.25, 0.3) is 88.6 Å². The molecular weight excluding hydrogens is 625 g/mol. The van der Waals surface area contributed by atoms with Crippen LogP contribution in [0.15, 0.2) is 158 Å². The standard InChI is InChI=1S/C45H28N6/c1-3-11-30(12-4-1)50-40-17-9-7-15-32(40)35-23-28(19-21-42(35)50)38-26-46-27-39-34(38)25-37-44(47-49-48-45(37)39)29-20-22-43-36(24-29)33-16-8-10-18-41(33)51(43)31-13-5-2-6-14-31/h1-24,26-27H,25H2. The van der Waals surface area contributed by atoms with Crippen LogP contribution in [-0.2, 0) is 6.42 Å². The van der Waals surface area contributed by atoms with Gasteiger partial charge in [0.15, 0.2) is 0 Å². The third kappa shape index (κ3) is 4.10. The van der Waals surface area contributed by atoms with Crippen LogP contribution < -0.4 is 0 Å². The van der Waals surface area contributed by atoms with E-state index < -0.39 is 0 Å². The molecule has 6 heteroatoms. The molecule has 0 fully saturated rings. The number of hydrogen-bond donors (Lipinski definition) is 0. The Morgan fingerprint density at radius 1 is 0.412 bits per heavy atom. The molecule has 0 saturated carbocycles. The summed E-state index contributed by atoms with van der Waals surface area (Å²) >= 11 is 0. The minimum absolute atomic E-state index is 0.702. The van der Waals surface area contributed by atoms with Gasteiger partial charge in [-0.3, -0.25) is 4.98 Å². The number of hydrogen-bond acceptors (Lipinski definition) is 4. The number of fused-ring (bicyclic) bond motifs is 9. The Morgan fingerprint density at radius 3 is 1.57 bits per heavy atom. The van der Waals surface area contributed by atoms with Gasteiger partial charge in [-0.05, 0) is 77.0 Å². The van der Waals surface area contributed by atoms with Gasteiger partial charge in [-0.2, -0.15) is 0 Å². The molecule has 51 heavy (non-hydrogen) atoms. The second-order valence-corrected chi connectivity index (χ2v) is 13.2. The third-order valence-corrected chi connectivity index (χ3v) is 10.5. The van der Waals surface area contributed by atoms with Crippen molar-refractivity contribution in [3.63, 3.8) is 0 Å². The fraction of sp³-hybridized carbons (Fsp3) is 0.0222. The zero-order valence-corrected chi connectivity index (χ0v) is 27.4. The highest BCUT2D eigenvalue weighted by molar-refractivity contribution is 6.12. The number of pyridine rings is 1. The second kappa shape index (κ2) is 10.8. The highest BCUT2D eigenvalue weighted by Gasteiger charge is 2.28. The summed E-state index contributed by atoms with van der Waals surface area (Å²) in [6.07, 6.45) is 4.63. The van der Waals surface area contributed by atoms with Crippen LogP contribution in [0.4, 0.5) is 0 Å². The third-order valence-electron chi connectivity index (χ3n) is 10.5. The molecule has 6 nitrogen and oxygen atoms in total. The van der Waals surface area contributed by atoms with Crippen molar-refractivity contribution < 1.29 is 0 Å². The Labute approximate surface area is 292 Å². The van der Waals surface area contributed by atoms with Crippen molar-refractivity contribution in [2.45, 2.75) is 6.42 Å². The molecule has 0 unspecified atom stereocenters. The fourth-order valence-electron chi connectivity index (χ4n) is 8.24. The molecule has 0 saturated heterocycles. The van der Waals surface area contributed by atoms with E-state index in [4.69, 9.17) is 4.98 Å². The average Bonchev–Trinajstić information content (AvgIpc) is 3.86. The number of nitrogens with zero attached hydrogens (tertiary/aromatic N) is 6. The SMILES string of the molecule is c1ccc(-n2c3ccccc3c3cc(-c4cncc5c4Cc4c(-c6ccc7c(c6)c6ccccc6n7-c6ccccc6)nnnc4-5)ccc32)cc1. The van der Waals surface area contributed by atoms with Crippen molar-refractivity contribution in [1.82, 2.24) is 29.5 Å². The van der Waals surface area contributed by atoms with Crippen molar-refractivity contribution in [3.05, 3.63) is 169 Å². The molecule has 4 heterocycles. The van der Waals surface area contributed by atoms with Crippen molar-refractivity contribution >= 4 is 43.6 Å². The second-order valence-electron chi connectivity index (χ2n) is 13.2. The summed E-state index contributed by atoms with van der Waals surface area (Å²) in [5, 5.41) is 18.4. The average molecular weight is 653 g/mol. The molecule has 0 bridgehead atoms. The first-order valence-corrected chi connectivity index (χ1v) is 17.2. The van der Waals surface area contributed by atoms with Gasteiger partial charge in [0.05, 0.1) is 22.1 Å². The summed E-state index contributed by atoms with van der Waals surface area (Å²) in [7, 11) is 0. The summed E-state index contributed by atoms with van der Waals surface area (Å²) in [6, 6.07) is 51.8. The lowest BCUT2D eigenvalue weighted by molar-refractivity contribution is 0.867. The molecule has 10 aromatic rings. The van der Waals surface area contributed by atoms with Gasteiger partial charge < -0.3 is 9.13 Å². The lowest BCUT2D eigenvalue weighted by Gasteiger charge is -2.10. The van der Waals surface area contributed by atoms with Gasteiger partial charge in [-0.25, -0.2) is 0 Å². The molecule has 0 amide bonds. The minimum Gasteiger partial charge on any atom is -0.309 e. The van der Waals surface area contributed by atoms with Crippen LogP contribution in [0.3, 0.4) is 0 Å². The van der Waals surface area contributed by atoms with Crippen LogP contribution in [-0.4, -0.2) is 29.5 Å². The first kappa shape index (κ1) is 28.0. The summed E-state index contributed by atoms with van der Waals surface area (Å²) in [6.45, 7) is 0. The number of aromatic nitrogens is 6. The van der Waals surface area contributed by atoms with Gasteiger partial charge in [0, 0.05) is 74.0 Å². The Kier molecular flexibility index (Phi) is 5.92. The maximum Gasteiger partial charge on any atom is 0.102 e. The fourth-order valence-corrected chi connectivity index (χ4v) is 8.24. The van der Waals surface area contributed by atoms with Crippen molar-refractivity contribution in [3.8, 4) is 45.0 Å². The van der Waals surface area contributed by atoms with Crippen molar-refractivity contribution in [2.24, 2.45) is 0 Å². The van der Waals surface area contributed by atoms with Gasteiger partial charge in [0.2, 0.25) is 0 Å². The van der Waals surface area contributed by atoms with E-state index in [0.717, 1.165) is 56.1 Å². The number of para-hydroxylation sites is 4. The van der Waals surface area contributed by atoms with E-state index in [1.807, 2.05) is 12.4 Å². The van der Waals surface area contributed by atoms with E-state index in [1.54, 1.807) is 0 Å². The molecule has 11 rings (SSSR count). The van der Waals surface area contributed by atoms with Gasteiger partial charge in [-0.1, -0.05) is 84.9 Å². The lowest BCUT2D eigenvalue weighted by atomic mass is 9.97.